The van der Waals surface area contributed by atoms with Gasteiger partial charge in [0.2, 0.25) is 0 Å². The van der Waals surface area contributed by atoms with E-state index in [0.29, 0.717) is 0 Å². The lowest BCUT2D eigenvalue weighted by Gasteiger charge is -2.15. The second-order valence-corrected chi connectivity index (χ2v) is 5.25. The number of hydrogen-bond acceptors (Lipinski definition) is 2. The third kappa shape index (κ3) is 5.52. The first-order valence-electron chi connectivity index (χ1n) is 7.27. The van der Waals surface area contributed by atoms with Crippen LogP contribution < -0.4 is 10.6 Å². The van der Waals surface area contributed by atoms with E-state index < -0.39 is 29.8 Å². The van der Waals surface area contributed by atoms with Crippen LogP contribution in [0.15, 0.2) is 54.6 Å². The van der Waals surface area contributed by atoms with Gasteiger partial charge in [0.05, 0.1) is 5.56 Å². The number of rotatable bonds is 5. The lowest BCUT2D eigenvalue weighted by atomic mass is 10.1. The van der Waals surface area contributed by atoms with Crippen molar-refractivity contribution in [2.45, 2.75) is 18.6 Å². The number of amides is 2. The minimum Gasteiger partial charge on any atom is -0.480 e. The molecule has 0 spiro atoms. The number of halogens is 3. The SMILES string of the molecule is O=C(Nc1ccc(C(F)(F)F)cc1)N[C@H](Cc1ccccc1)C(=O)O. The normalized spacial score (nSPS) is 12.3. The van der Waals surface area contributed by atoms with E-state index in [4.69, 9.17) is 0 Å². The highest BCUT2D eigenvalue weighted by molar-refractivity contribution is 5.92. The van der Waals surface area contributed by atoms with E-state index in [1.165, 1.54) is 0 Å². The molecule has 0 aromatic heterocycles. The Kier molecular flexibility index (Phi) is 5.63. The number of alkyl halides is 3. The number of urea groups is 1. The number of carbonyl (C=O) groups is 2. The first kappa shape index (κ1) is 18.3. The molecule has 8 heteroatoms. The van der Waals surface area contributed by atoms with E-state index in [0.717, 1.165) is 29.8 Å². The molecule has 0 fully saturated rings. The summed E-state index contributed by atoms with van der Waals surface area (Å²) in [4.78, 5) is 23.2. The fourth-order valence-electron chi connectivity index (χ4n) is 2.12. The van der Waals surface area contributed by atoms with Crippen LogP contribution in [0.5, 0.6) is 0 Å². The fraction of sp³-hybridized carbons (Fsp3) is 0.176. The van der Waals surface area contributed by atoms with Crippen LogP contribution >= 0.6 is 0 Å². The molecule has 0 aliphatic rings. The molecule has 132 valence electrons. The predicted molar refractivity (Wildman–Crippen MR) is 85.2 cm³/mol. The van der Waals surface area contributed by atoms with Gasteiger partial charge in [0.1, 0.15) is 6.04 Å². The monoisotopic (exact) mass is 352 g/mol. The summed E-state index contributed by atoms with van der Waals surface area (Å²) < 4.78 is 37.5. The molecular weight excluding hydrogens is 337 g/mol. The summed E-state index contributed by atoms with van der Waals surface area (Å²) in [6.45, 7) is 0. The van der Waals surface area contributed by atoms with Crippen LogP contribution in [-0.4, -0.2) is 23.1 Å². The smallest absolute Gasteiger partial charge is 0.416 e. The van der Waals surface area contributed by atoms with Crippen LogP contribution in [0.1, 0.15) is 11.1 Å². The first-order chi connectivity index (χ1) is 11.8. The van der Waals surface area contributed by atoms with Crippen molar-refractivity contribution in [3.05, 3.63) is 65.7 Å². The van der Waals surface area contributed by atoms with Crippen LogP contribution in [0.25, 0.3) is 0 Å². The van der Waals surface area contributed by atoms with Crippen molar-refractivity contribution in [1.29, 1.82) is 0 Å². The van der Waals surface area contributed by atoms with Gasteiger partial charge in [-0.25, -0.2) is 9.59 Å². The van der Waals surface area contributed by atoms with Crippen molar-refractivity contribution >= 4 is 17.7 Å². The Morgan fingerprint density at radius 1 is 1.00 bits per heavy atom. The zero-order valence-electron chi connectivity index (χ0n) is 12.9. The average molecular weight is 352 g/mol. The molecule has 0 saturated carbocycles. The molecule has 25 heavy (non-hydrogen) atoms. The third-order valence-corrected chi connectivity index (χ3v) is 3.36. The van der Waals surface area contributed by atoms with Crippen molar-refractivity contribution in [3.63, 3.8) is 0 Å². The van der Waals surface area contributed by atoms with E-state index in [1.54, 1.807) is 30.3 Å². The van der Waals surface area contributed by atoms with E-state index in [-0.39, 0.29) is 12.1 Å². The average Bonchev–Trinajstić information content (AvgIpc) is 2.54. The molecule has 2 amide bonds. The summed E-state index contributed by atoms with van der Waals surface area (Å²) >= 11 is 0. The number of nitrogens with one attached hydrogen (secondary N) is 2. The van der Waals surface area contributed by atoms with Gasteiger partial charge >= 0.3 is 18.2 Å². The van der Waals surface area contributed by atoms with Gasteiger partial charge in [-0.15, -0.1) is 0 Å². The van der Waals surface area contributed by atoms with Gasteiger partial charge in [-0.1, -0.05) is 30.3 Å². The molecule has 5 nitrogen and oxygen atoms in total. The van der Waals surface area contributed by atoms with Crippen LogP contribution in [0.2, 0.25) is 0 Å². The highest BCUT2D eigenvalue weighted by Crippen LogP contribution is 2.29. The van der Waals surface area contributed by atoms with E-state index in [9.17, 15) is 27.9 Å². The Morgan fingerprint density at radius 2 is 1.60 bits per heavy atom. The van der Waals surface area contributed by atoms with Crippen LogP contribution in [0.4, 0.5) is 23.7 Å². The summed E-state index contributed by atoms with van der Waals surface area (Å²) in [5.74, 6) is -1.22. The minimum atomic E-state index is -4.47. The second kappa shape index (κ2) is 7.69. The van der Waals surface area contributed by atoms with Gasteiger partial charge in [0.15, 0.2) is 0 Å². The van der Waals surface area contributed by atoms with Crippen LogP contribution in [0.3, 0.4) is 0 Å². The molecule has 0 unspecified atom stereocenters. The number of hydrogen-bond donors (Lipinski definition) is 3. The molecule has 2 aromatic carbocycles. The molecule has 0 aliphatic heterocycles. The van der Waals surface area contributed by atoms with Crippen LogP contribution in [0, 0.1) is 0 Å². The lowest BCUT2D eigenvalue weighted by Crippen LogP contribution is -2.44. The van der Waals surface area contributed by atoms with Gasteiger partial charge in [0, 0.05) is 12.1 Å². The Morgan fingerprint density at radius 3 is 2.12 bits per heavy atom. The lowest BCUT2D eigenvalue weighted by molar-refractivity contribution is -0.139. The summed E-state index contributed by atoms with van der Waals surface area (Å²) in [6.07, 6.45) is -4.39. The topological polar surface area (TPSA) is 78.4 Å². The number of carboxylic acids is 1. The number of anilines is 1. The quantitative estimate of drug-likeness (QED) is 0.770. The van der Waals surface area contributed by atoms with E-state index >= 15 is 0 Å². The highest BCUT2D eigenvalue weighted by Gasteiger charge is 2.30. The molecule has 3 N–H and O–H groups in total. The number of carboxylic acid groups (broad SMARTS) is 1. The van der Waals surface area contributed by atoms with Crippen molar-refractivity contribution < 1.29 is 27.9 Å². The molecule has 0 aliphatic carbocycles. The Hall–Kier alpha value is -3.03. The zero-order chi connectivity index (χ0) is 18.4. The molecule has 2 aromatic rings. The maximum Gasteiger partial charge on any atom is 0.416 e. The summed E-state index contributed by atoms with van der Waals surface area (Å²) in [6, 6.07) is 10.6. The second-order valence-electron chi connectivity index (χ2n) is 5.25. The van der Waals surface area contributed by atoms with Gasteiger partial charge in [-0.2, -0.15) is 13.2 Å². The highest BCUT2D eigenvalue weighted by atomic mass is 19.4. The first-order valence-corrected chi connectivity index (χ1v) is 7.27. The minimum absolute atomic E-state index is 0.0800. The molecule has 0 bridgehead atoms. The Balaban J connectivity index is 1.98. The van der Waals surface area contributed by atoms with Crippen molar-refractivity contribution in [2.24, 2.45) is 0 Å². The van der Waals surface area contributed by atoms with Gasteiger partial charge in [-0.05, 0) is 29.8 Å². The van der Waals surface area contributed by atoms with E-state index in [2.05, 4.69) is 10.6 Å². The zero-order valence-corrected chi connectivity index (χ0v) is 12.9. The van der Waals surface area contributed by atoms with Crippen molar-refractivity contribution in [1.82, 2.24) is 5.32 Å². The molecule has 1 atom stereocenters. The Labute approximate surface area is 141 Å². The number of aliphatic carboxylic acids is 1. The molecule has 0 saturated heterocycles. The molecule has 0 radical (unpaired) electrons. The van der Waals surface area contributed by atoms with E-state index in [1.807, 2.05) is 0 Å². The van der Waals surface area contributed by atoms with Crippen molar-refractivity contribution in [2.75, 3.05) is 5.32 Å². The Bertz CT molecular complexity index is 731. The fourth-order valence-corrected chi connectivity index (χ4v) is 2.12. The molecule has 2 rings (SSSR count). The maximum atomic E-state index is 12.5. The van der Waals surface area contributed by atoms with Gasteiger partial charge < -0.3 is 15.7 Å². The summed E-state index contributed by atoms with van der Waals surface area (Å²) in [5.41, 5.74) is 0.00466. The maximum absolute atomic E-state index is 12.5. The summed E-state index contributed by atoms with van der Waals surface area (Å²) in [5, 5.41) is 13.8. The standard InChI is InChI=1S/C17H15F3N2O3/c18-17(19,20)12-6-8-13(9-7-12)21-16(25)22-14(15(23)24)10-11-4-2-1-3-5-11/h1-9,14H,10H2,(H,23,24)(H2,21,22,25)/t14-/m1/s1. The largest absolute Gasteiger partial charge is 0.480 e. The number of carbonyl (C=O) groups excluding carboxylic acids is 1. The number of benzene rings is 2. The van der Waals surface area contributed by atoms with Gasteiger partial charge in [-0.3, -0.25) is 0 Å². The van der Waals surface area contributed by atoms with Crippen molar-refractivity contribution in [3.8, 4) is 0 Å². The van der Waals surface area contributed by atoms with Gasteiger partial charge in [0.25, 0.3) is 0 Å². The molecular formula is C17H15F3N2O3. The summed E-state index contributed by atoms with van der Waals surface area (Å²) in [7, 11) is 0. The molecule has 0 heterocycles. The predicted octanol–water partition coefficient (Wildman–Crippen LogP) is 3.52. The third-order valence-electron chi connectivity index (χ3n) is 3.36. The van der Waals surface area contributed by atoms with Crippen LogP contribution in [-0.2, 0) is 17.4 Å².